The standard InChI is InChI=1S/C16H17O4P/c1-11-9-12(2)15(13(3)10-11)16(17)21(18,19-20-21)14-7-5-4-6-8-14/h4-10,18H,1-3H3. The van der Waals surface area contributed by atoms with Gasteiger partial charge in [-0.3, -0.25) is 0 Å². The number of hydrogen-bond acceptors (Lipinski definition) is 4. The zero-order chi connectivity index (χ0) is 15.3. The van der Waals surface area contributed by atoms with Gasteiger partial charge in [0.2, 0.25) is 0 Å². The molecule has 0 bridgehead atoms. The Morgan fingerprint density at radius 2 is 1.52 bits per heavy atom. The first kappa shape index (κ1) is 14.4. The third kappa shape index (κ3) is 2.03. The molecule has 0 amide bonds. The molecule has 1 heterocycles. The minimum absolute atomic E-state index is 0.396. The Kier molecular flexibility index (Phi) is 3.05. The first-order chi connectivity index (χ1) is 9.85. The molecule has 1 aliphatic rings. The Morgan fingerprint density at radius 1 is 1.00 bits per heavy atom. The van der Waals surface area contributed by atoms with Crippen LogP contribution in [-0.2, 0) is 9.35 Å². The first-order valence-electron chi connectivity index (χ1n) is 6.70. The molecule has 4 nitrogen and oxygen atoms in total. The van der Waals surface area contributed by atoms with Crippen LogP contribution in [0.5, 0.6) is 0 Å². The van der Waals surface area contributed by atoms with E-state index in [1.807, 2.05) is 39.0 Å². The van der Waals surface area contributed by atoms with Crippen LogP contribution in [0.3, 0.4) is 0 Å². The summed E-state index contributed by atoms with van der Waals surface area (Å²) < 4.78 is 9.93. The summed E-state index contributed by atoms with van der Waals surface area (Å²) in [4.78, 5) is 23.9. The summed E-state index contributed by atoms with van der Waals surface area (Å²) in [5.74, 6) is 0. The third-order valence-electron chi connectivity index (χ3n) is 3.75. The summed E-state index contributed by atoms with van der Waals surface area (Å²) in [5.41, 5.74) is 2.70. The van der Waals surface area contributed by atoms with Crippen molar-refractivity contribution in [2.75, 3.05) is 0 Å². The average Bonchev–Trinajstić information content (AvgIpc) is 3.15. The SMILES string of the molecule is Cc1cc(C)c(C(=O)P2(O)(c3ccccc3)OO2)c(C)c1. The van der Waals surface area contributed by atoms with Crippen molar-refractivity contribution < 1.29 is 19.0 Å². The van der Waals surface area contributed by atoms with Crippen molar-refractivity contribution in [1.82, 2.24) is 0 Å². The zero-order valence-electron chi connectivity index (χ0n) is 12.2. The van der Waals surface area contributed by atoms with Gasteiger partial charge in [0.25, 0.3) is 0 Å². The summed E-state index contributed by atoms with van der Waals surface area (Å²) in [7, 11) is -4.38. The van der Waals surface area contributed by atoms with Crippen molar-refractivity contribution >= 4 is 18.1 Å². The Morgan fingerprint density at radius 3 is 2.00 bits per heavy atom. The summed E-state index contributed by atoms with van der Waals surface area (Å²) in [6.07, 6.45) is 0. The summed E-state index contributed by atoms with van der Waals surface area (Å²) in [5, 5.41) is 0.396. The van der Waals surface area contributed by atoms with Crippen LogP contribution in [-0.4, -0.2) is 10.4 Å². The Labute approximate surface area is 123 Å². The molecule has 1 aliphatic heterocycles. The zero-order valence-corrected chi connectivity index (χ0v) is 13.1. The fourth-order valence-corrected chi connectivity index (χ4v) is 5.10. The van der Waals surface area contributed by atoms with Crippen LogP contribution < -0.4 is 5.30 Å². The van der Waals surface area contributed by atoms with Crippen molar-refractivity contribution in [2.24, 2.45) is 0 Å². The van der Waals surface area contributed by atoms with Crippen molar-refractivity contribution in [2.45, 2.75) is 20.8 Å². The van der Waals surface area contributed by atoms with Crippen molar-refractivity contribution in [3.05, 3.63) is 64.7 Å². The molecule has 0 saturated carbocycles. The molecule has 0 aliphatic carbocycles. The van der Waals surface area contributed by atoms with Crippen LogP contribution in [0.15, 0.2) is 42.5 Å². The molecule has 0 radical (unpaired) electrons. The van der Waals surface area contributed by atoms with E-state index in [2.05, 4.69) is 0 Å². The fourth-order valence-electron chi connectivity index (χ4n) is 2.72. The van der Waals surface area contributed by atoms with Gasteiger partial charge in [-0.05, 0) is 0 Å². The number of aryl methyl sites for hydroxylation is 3. The molecule has 0 atom stereocenters. The number of benzene rings is 2. The van der Waals surface area contributed by atoms with Gasteiger partial charge in [0, 0.05) is 0 Å². The predicted octanol–water partition coefficient (Wildman–Crippen LogP) is 3.33. The van der Waals surface area contributed by atoms with E-state index in [0.717, 1.165) is 16.7 Å². The topological polar surface area (TPSA) is 62.4 Å². The normalized spacial score (nSPS) is 20.3. The van der Waals surface area contributed by atoms with Crippen LogP contribution in [0.1, 0.15) is 27.0 Å². The van der Waals surface area contributed by atoms with Gasteiger partial charge in [0.05, 0.1) is 0 Å². The number of carbonyl (C=O) groups is 1. The van der Waals surface area contributed by atoms with E-state index >= 15 is 0 Å². The van der Waals surface area contributed by atoms with E-state index in [1.54, 1.807) is 24.3 Å². The van der Waals surface area contributed by atoms with Crippen LogP contribution in [0.2, 0.25) is 0 Å². The molecule has 0 aromatic heterocycles. The molecule has 2 aromatic carbocycles. The van der Waals surface area contributed by atoms with Crippen molar-refractivity contribution in [3.8, 4) is 0 Å². The monoisotopic (exact) mass is 304 g/mol. The van der Waals surface area contributed by atoms with Crippen molar-refractivity contribution in [1.29, 1.82) is 0 Å². The van der Waals surface area contributed by atoms with Gasteiger partial charge in [-0.25, -0.2) is 0 Å². The summed E-state index contributed by atoms with van der Waals surface area (Å²) >= 11 is 0. The Hall–Kier alpha value is -1.58. The fraction of sp³-hybridized carbons (Fsp3) is 0.188. The minimum atomic E-state index is -4.38. The van der Waals surface area contributed by atoms with Gasteiger partial charge in [-0.15, -0.1) is 0 Å². The molecule has 110 valence electrons. The second kappa shape index (κ2) is 4.46. The van der Waals surface area contributed by atoms with Gasteiger partial charge in [-0.1, -0.05) is 0 Å². The average molecular weight is 304 g/mol. The van der Waals surface area contributed by atoms with Crippen LogP contribution in [0.4, 0.5) is 0 Å². The molecule has 2 aromatic rings. The van der Waals surface area contributed by atoms with Gasteiger partial charge < -0.3 is 0 Å². The molecular formula is C16H17O4P. The molecule has 1 N–H and O–H groups in total. The summed E-state index contributed by atoms with van der Waals surface area (Å²) in [6, 6.07) is 12.4. The maximum atomic E-state index is 13.0. The van der Waals surface area contributed by atoms with Crippen LogP contribution in [0, 0.1) is 20.8 Å². The number of rotatable bonds is 3. The molecule has 1 saturated heterocycles. The molecule has 0 spiro atoms. The number of hydrogen-bond donors (Lipinski definition) is 1. The van der Waals surface area contributed by atoms with E-state index in [4.69, 9.17) is 9.35 Å². The van der Waals surface area contributed by atoms with Gasteiger partial charge >= 0.3 is 123 Å². The predicted molar refractivity (Wildman–Crippen MR) is 82.4 cm³/mol. The second-order valence-corrected chi connectivity index (χ2v) is 8.53. The molecule has 0 unspecified atom stereocenters. The van der Waals surface area contributed by atoms with Gasteiger partial charge in [0.15, 0.2) is 0 Å². The molecule has 5 heteroatoms. The molecule has 21 heavy (non-hydrogen) atoms. The van der Waals surface area contributed by atoms with E-state index in [-0.39, 0.29) is 0 Å². The van der Waals surface area contributed by atoms with Crippen molar-refractivity contribution in [3.63, 3.8) is 0 Å². The van der Waals surface area contributed by atoms with E-state index < -0.39 is 12.8 Å². The first-order valence-corrected chi connectivity index (χ1v) is 8.72. The molecule has 3 rings (SSSR count). The molecule has 1 fully saturated rings. The van der Waals surface area contributed by atoms with Crippen LogP contribution >= 0.6 is 7.28 Å². The molecular weight excluding hydrogens is 287 g/mol. The van der Waals surface area contributed by atoms with Crippen LogP contribution in [0.25, 0.3) is 0 Å². The quantitative estimate of drug-likeness (QED) is 0.537. The Bertz CT molecular complexity index is 712. The third-order valence-corrected chi connectivity index (χ3v) is 6.48. The van der Waals surface area contributed by atoms with E-state index in [0.29, 0.717) is 10.9 Å². The van der Waals surface area contributed by atoms with Gasteiger partial charge in [0.1, 0.15) is 0 Å². The summed E-state index contributed by atoms with van der Waals surface area (Å²) in [6.45, 7) is 5.67. The van der Waals surface area contributed by atoms with E-state index in [1.165, 1.54) is 0 Å². The maximum absolute atomic E-state index is 13.0. The van der Waals surface area contributed by atoms with E-state index in [9.17, 15) is 9.69 Å². The Balaban J connectivity index is 2.16. The second-order valence-electron chi connectivity index (χ2n) is 5.48. The van der Waals surface area contributed by atoms with Gasteiger partial charge in [-0.2, -0.15) is 0 Å². The number of carbonyl (C=O) groups excluding carboxylic acids is 1.